The van der Waals surface area contributed by atoms with Gasteiger partial charge < -0.3 is 14.0 Å². The van der Waals surface area contributed by atoms with Crippen LogP contribution in [-0.4, -0.2) is 23.8 Å². The van der Waals surface area contributed by atoms with E-state index in [4.69, 9.17) is 9.47 Å². The number of nitrogens with zero attached hydrogens (tertiary/aromatic N) is 1. The molecule has 0 aliphatic heterocycles. The lowest BCUT2D eigenvalue weighted by molar-refractivity contribution is -0.143. The number of ether oxygens (including phenoxy) is 2. The molecule has 108 valence electrons. The molecule has 0 atom stereocenters. The molecule has 2 aromatic rings. The molecule has 0 saturated heterocycles. The maximum atomic E-state index is 11.4. The largest absolute Gasteiger partial charge is 0.494 e. The maximum Gasteiger partial charge on any atom is 0.307 e. The molecule has 1 heterocycles. The Morgan fingerprint density at radius 2 is 2.10 bits per heavy atom. The third-order valence-corrected chi connectivity index (χ3v) is 3.08. The lowest BCUT2D eigenvalue weighted by atomic mass is 10.2. The number of carbonyl (C=O) groups is 1. The van der Waals surface area contributed by atoms with Gasteiger partial charge in [0, 0.05) is 23.6 Å². The molecule has 1 aromatic heterocycles. The Balaban J connectivity index is 2.06. The number of carbonyl (C=O) groups excluding carboxylic acids is 1. The van der Waals surface area contributed by atoms with Crippen LogP contribution >= 0.6 is 0 Å². The van der Waals surface area contributed by atoms with Gasteiger partial charge in [-0.2, -0.15) is 0 Å². The van der Waals surface area contributed by atoms with Crippen molar-refractivity contribution in [1.29, 1.82) is 0 Å². The average Bonchev–Trinajstić information content (AvgIpc) is 2.85. The molecule has 0 aliphatic carbocycles. The van der Waals surface area contributed by atoms with Gasteiger partial charge in [-0.3, -0.25) is 4.79 Å². The summed E-state index contributed by atoms with van der Waals surface area (Å²) in [7, 11) is 0. The van der Waals surface area contributed by atoms with Crippen molar-refractivity contribution < 1.29 is 14.3 Å². The smallest absolute Gasteiger partial charge is 0.307 e. The van der Waals surface area contributed by atoms with Crippen molar-refractivity contribution in [2.75, 3.05) is 13.2 Å². The highest BCUT2D eigenvalue weighted by Crippen LogP contribution is 2.22. The zero-order valence-electron chi connectivity index (χ0n) is 12.1. The van der Waals surface area contributed by atoms with Crippen LogP contribution in [0.15, 0.2) is 30.5 Å². The Bertz CT molecular complexity index is 574. The molecule has 0 radical (unpaired) electrons. The van der Waals surface area contributed by atoms with E-state index in [-0.39, 0.29) is 5.97 Å². The fourth-order valence-electron chi connectivity index (χ4n) is 2.13. The lowest BCUT2D eigenvalue weighted by Crippen LogP contribution is -2.08. The number of benzene rings is 1. The second kappa shape index (κ2) is 6.98. The topological polar surface area (TPSA) is 40.5 Å². The molecule has 4 nitrogen and oxygen atoms in total. The minimum atomic E-state index is -0.155. The Hall–Kier alpha value is -1.97. The average molecular weight is 275 g/mol. The van der Waals surface area contributed by atoms with Crippen LogP contribution in [0.4, 0.5) is 0 Å². The number of aryl methyl sites for hydroxylation is 1. The second-order valence-electron chi connectivity index (χ2n) is 4.63. The fraction of sp³-hybridized carbons (Fsp3) is 0.438. The van der Waals surface area contributed by atoms with Crippen LogP contribution in [0.2, 0.25) is 0 Å². The Morgan fingerprint density at radius 1 is 1.25 bits per heavy atom. The zero-order chi connectivity index (χ0) is 14.4. The van der Waals surface area contributed by atoms with Gasteiger partial charge in [0.15, 0.2) is 0 Å². The molecule has 20 heavy (non-hydrogen) atoms. The summed E-state index contributed by atoms with van der Waals surface area (Å²) in [6.45, 7) is 5.71. The quantitative estimate of drug-likeness (QED) is 0.727. The lowest BCUT2D eigenvalue weighted by Gasteiger charge is -2.07. The Morgan fingerprint density at radius 3 is 2.85 bits per heavy atom. The number of esters is 1. The summed E-state index contributed by atoms with van der Waals surface area (Å²) in [6.07, 6.45) is 3.39. The molecular weight excluding hydrogens is 254 g/mol. The highest BCUT2D eigenvalue weighted by Gasteiger charge is 2.06. The van der Waals surface area contributed by atoms with Crippen LogP contribution in [0.1, 0.15) is 26.7 Å². The summed E-state index contributed by atoms with van der Waals surface area (Å²) in [5.74, 6) is 0.736. The standard InChI is InChI=1S/C16H21NO3/c1-3-11-20-14-5-6-15-13(12-14)7-9-17(15)10-8-16(18)19-4-2/h5-7,9,12H,3-4,8,10-11H2,1-2H3. The molecule has 0 aliphatic rings. The Kier molecular flexibility index (Phi) is 5.04. The zero-order valence-corrected chi connectivity index (χ0v) is 12.1. The number of rotatable bonds is 7. The van der Waals surface area contributed by atoms with Crippen LogP contribution in [0, 0.1) is 0 Å². The monoisotopic (exact) mass is 275 g/mol. The number of aromatic nitrogens is 1. The summed E-state index contributed by atoms with van der Waals surface area (Å²) in [4.78, 5) is 11.4. The minimum absolute atomic E-state index is 0.155. The van der Waals surface area contributed by atoms with Crippen molar-refractivity contribution in [1.82, 2.24) is 4.57 Å². The van der Waals surface area contributed by atoms with E-state index in [0.717, 1.165) is 29.7 Å². The Labute approximate surface area is 119 Å². The minimum Gasteiger partial charge on any atom is -0.494 e. The number of hydrogen-bond donors (Lipinski definition) is 0. The van der Waals surface area contributed by atoms with Crippen molar-refractivity contribution in [3.63, 3.8) is 0 Å². The predicted octanol–water partition coefficient (Wildman–Crippen LogP) is 3.38. The molecule has 0 fully saturated rings. The van der Waals surface area contributed by atoms with E-state index in [1.54, 1.807) is 0 Å². The molecule has 0 bridgehead atoms. The molecular formula is C16H21NO3. The number of fused-ring (bicyclic) bond motifs is 1. The van der Waals surface area contributed by atoms with Crippen LogP contribution in [0.25, 0.3) is 10.9 Å². The van der Waals surface area contributed by atoms with Gasteiger partial charge in [0.05, 0.1) is 19.6 Å². The summed E-state index contributed by atoms with van der Waals surface area (Å²) in [6, 6.07) is 8.08. The molecule has 2 rings (SSSR count). The van der Waals surface area contributed by atoms with Gasteiger partial charge in [-0.15, -0.1) is 0 Å². The first-order valence-electron chi connectivity index (χ1n) is 7.12. The van der Waals surface area contributed by atoms with Gasteiger partial charge >= 0.3 is 5.97 Å². The van der Waals surface area contributed by atoms with Crippen LogP contribution in [0.5, 0.6) is 5.75 Å². The van der Waals surface area contributed by atoms with Gasteiger partial charge in [0.2, 0.25) is 0 Å². The fourth-order valence-corrected chi connectivity index (χ4v) is 2.13. The molecule has 1 aromatic carbocycles. The van der Waals surface area contributed by atoms with Crippen molar-refractivity contribution in [2.45, 2.75) is 33.2 Å². The van der Waals surface area contributed by atoms with E-state index < -0.39 is 0 Å². The van der Waals surface area contributed by atoms with Gasteiger partial charge in [-0.25, -0.2) is 0 Å². The van der Waals surface area contributed by atoms with E-state index in [9.17, 15) is 4.79 Å². The first-order valence-corrected chi connectivity index (χ1v) is 7.12. The summed E-state index contributed by atoms with van der Waals surface area (Å²) >= 11 is 0. The maximum absolute atomic E-state index is 11.4. The van der Waals surface area contributed by atoms with Crippen LogP contribution < -0.4 is 4.74 Å². The van der Waals surface area contributed by atoms with Gasteiger partial charge in [-0.05, 0) is 37.6 Å². The third kappa shape index (κ3) is 3.53. The highest BCUT2D eigenvalue weighted by atomic mass is 16.5. The summed E-state index contributed by atoms with van der Waals surface area (Å²) in [5.41, 5.74) is 1.11. The van der Waals surface area contributed by atoms with Gasteiger partial charge in [0.1, 0.15) is 5.75 Å². The van der Waals surface area contributed by atoms with Crippen LogP contribution in [0.3, 0.4) is 0 Å². The highest BCUT2D eigenvalue weighted by molar-refractivity contribution is 5.82. The van der Waals surface area contributed by atoms with Crippen molar-refractivity contribution in [3.05, 3.63) is 30.5 Å². The molecule has 4 heteroatoms. The van der Waals surface area contributed by atoms with Crippen molar-refractivity contribution in [3.8, 4) is 5.75 Å². The second-order valence-corrected chi connectivity index (χ2v) is 4.63. The molecule has 0 N–H and O–H groups in total. The first kappa shape index (κ1) is 14.4. The molecule has 0 amide bonds. The summed E-state index contributed by atoms with van der Waals surface area (Å²) in [5, 5.41) is 1.13. The van der Waals surface area contributed by atoms with E-state index >= 15 is 0 Å². The van der Waals surface area contributed by atoms with E-state index in [2.05, 4.69) is 11.5 Å². The van der Waals surface area contributed by atoms with E-state index in [0.29, 0.717) is 19.6 Å². The van der Waals surface area contributed by atoms with Gasteiger partial charge in [-0.1, -0.05) is 6.92 Å². The van der Waals surface area contributed by atoms with E-state index in [1.807, 2.05) is 37.4 Å². The predicted molar refractivity (Wildman–Crippen MR) is 79.0 cm³/mol. The molecule has 0 unspecified atom stereocenters. The number of hydrogen-bond acceptors (Lipinski definition) is 3. The van der Waals surface area contributed by atoms with Gasteiger partial charge in [0.25, 0.3) is 0 Å². The van der Waals surface area contributed by atoms with Crippen molar-refractivity contribution in [2.24, 2.45) is 0 Å². The summed E-state index contributed by atoms with van der Waals surface area (Å²) < 4.78 is 12.6. The SMILES string of the molecule is CCCOc1ccc2c(ccn2CCC(=O)OCC)c1. The molecule has 0 spiro atoms. The molecule has 0 saturated carbocycles. The normalized spacial score (nSPS) is 10.7. The first-order chi connectivity index (χ1) is 9.74. The third-order valence-electron chi connectivity index (χ3n) is 3.08. The van der Waals surface area contributed by atoms with E-state index in [1.165, 1.54) is 0 Å². The van der Waals surface area contributed by atoms with Crippen molar-refractivity contribution >= 4 is 16.9 Å². The van der Waals surface area contributed by atoms with Crippen LogP contribution in [-0.2, 0) is 16.1 Å².